The Morgan fingerprint density at radius 3 is 2.67 bits per heavy atom. The smallest absolute Gasteiger partial charge is 0.304 e. The molecule has 0 aliphatic heterocycles. The molecule has 0 fully saturated rings. The molecular formula is C14H13FN2O4. The van der Waals surface area contributed by atoms with Crippen LogP contribution < -0.4 is 10.1 Å². The van der Waals surface area contributed by atoms with Gasteiger partial charge in [0, 0.05) is 36.0 Å². The number of nitrogens with zero attached hydrogens (tertiary/aromatic N) is 1. The van der Waals surface area contributed by atoms with E-state index in [1.54, 1.807) is 12.1 Å². The molecule has 0 saturated heterocycles. The third kappa shape index (κ3) is 3.38. The molecule has 2 aromatic carbocycles. The van der Waals surface area contributed by atoms with E-state index >= 15 is 0 Å². The van der Waals surface area contributed by atoms with Gasteiger partial charge in [-0.1, -0.05) is 0 Å². The SMILES string of the molecule is COc1ccc(CNc2ccc([N+](=O)[O-])c(F)c2)c(O)c1. The molecule has 21 heavy (non-hydrogen) atoms. The number of rotatable bonds is 5. The van der Waals surface area contributed by atoms with Gasteiger partial charge in [-0.2, -0.15) is 4.39 Å². The first kappa shape index (κ1) is 14.6. The van der Waals surface area contributed by atoms with Crippen molar-refractivity contribution in [2.45, 2.75) is 6.54 Å². The van der Waals surface area contributed by atoms with E-state index in [-0.39, 0.29) is 12.3 Å². The summed E-state index contributed by atoms with van der Waals surface area (Å²) in [5, 5.41) is 23.2. The highest BCUT2D eigenvalue weighted by Gasteiger charge is 2.13. The fraction of sp³-hybridized carbons (Fsp3) is 0.143. The monoisotopic (exact) mass is 292 g/mol. The number of nitro groups is 1. The van der Waals surface area contributed by atoms with Crippen LogP contribution in [0.3, 0.4) is 0 Å². The molecule has 2 aromatic rings. The molecule has 0 atom stereocenters. The summed E-state index contributed by atoms with van der Waals surface area (Å²) in [6, 6.07) is 8.36. The number of aromatic hydroxyl groups is 1. The predicted molar refractivity (Wildman–Crippen MR) is 75.0 cm³/mol. The summed E-state index contributed by atoms with van der Waals surface area (Å²) in [7, 11) is 1.49. The molecule has 0 bridgehead atoms. The maximum atomic E-state index is 13.5. The number of methoxy groups -OCH3 is 1. The van der Waals surface area contributed by atoms with Gasteiger partial charge in [0.15, 0.2) is 0 Å². The molecule has 7 heteroatoms. The third-order valence-electron chi connectivity index (χ3n) is 2.92. The summed E-state index contributed by atoms with van der Waals surface area (Å²) in [4.78, 5) is 9.73. The van der Waals surface area contributed by atoms with Crippen LogP contribution in [0.4, 0.5) is 15.8 Å². The lowest BCUT2D eigenvalue weighted by Crippen LogP contribution is -2.01. The normalized spacial score (nSPS) is 10.2. The number of nitro benzene ring substituents is 1. The number of hydrogen-bond donors (Lipinski definition) is 2. The quantitative estimate of drug-likeness (QED) is 0.653. The van der Waals surface area contributed by atoms with Crippen molar-refractivity contribution in [2.24, 2.45) is 0 Å². The van der Waals surface area contributed by atoms with Crippen LogP contribution in [0.25, 0.3) is 0 Å². The molecular weight excluding hydrogens is 279 g/mol. The van der Waals surface area contributed by atoms with Gasteiger partial charge in [0.25, 0.3) is 0 Å². The Labute approximate surface area is 119 Å². The van der Waals surface area contributed by atoms with E-state index < -0.39 is 16.4 Å². The lowest BCUT2D eigenvalue weighted by Gasteiger charge is -2.09. The first-order chi connectivity index (χ1) is 10.0. The van der Waals surface area contributed by atoms with Crippen molar-refractivity contribution in [1.29, 1.82) is 0 Å². The van der Waals surface area contributed by atoms with Gasteiger partial charge in [0.05, 0.1) is 12.0 Å². The number of phenols is 1. The van der Waals surface area contributed by atoms with E-state index in [4.69, 9.17) is 4.74 Å². The molecule has 0 heterocycles. The highest BCUT2D eigenvalue weighted by Crippen LogP contribution is 2.25. The van der Waals surface area contributed by atoms with Gasteiger partial charge in [-0.05, 0) is 18.2 Å². The van der Waals surface area contributed by atoms with Gasteiger partial charge in [-0.3, -0.25) is 10.1 Å². The minimum Gasteiger partial charge on any atom is -0.507 e. The van der Waals surface area contributed by atoms with Gasteiger partial charge in [0.2, 0.25) is 5.82 Å². The zero-order valence-electron chi connectivity index (χ0n) is 11.2. The number of benzene rings is 2. The number of halogens is 1. The van der Waals surface area contributed by atoms with E-state index in [9.17, 15) is 19.6 Å². The van der Waals surface area contributed by atoms with Crippen LogP contribution in [0.2, 0.25) is 0 Å². The topological polar surface area (TPSA) is 84.6 Å². The van der Waals surface area contributed by atoms with Crippen LogP contribution in [0.5, 0.6) is 11.5 Å². The molecule has 2 rings (SSSR count). The van der Waals surface area contributed by atoms with Crippen LogP contribution >= 0.6 is 0 Å². The van der Waals surface area contributed by atoms with Crippen molar-refractivity contribution in [3.05, 3.63) is 57.9 Å². The maximum absolute atomic E-state index is 13.5. The van der Waals surface area contributed by atoms with Crippen molar-refractivity contribution in [3.63, 3.8) is 0 Å². The summed E-state index contributed by atoms with van der Waals surface area (Å²) in [6.45, 7) is 0.243. The van der Waals surface area contributed by atoms with Crippen LogP contribution in [-0.4, -0.2) is 17.1 Å². The molecule has 0 aromatic heterocycles. The Balaban J connectivity index is 2.10. The van der Waals surface area contributed by atoms with E-state index in [0.29, 0.717) is 17.0 Å². The van der Waals surface area contributed by atoms with Crippen molar-refractivity contribution in [1.82, 2.24) is 0 Å². The van der Waals surface area contributed by atoms with Gasteiger partial charge >= 0.3 is 5.69 Å². The third-order valence-corrected chi connectivity index (χ3v) is 2.92. The van der Waals surface area contributed by atoms with Crippen molar-refractivity contribution in [2.75, 3.05) is 12.4 Å². The number of ether oxygens (including phenoxy) is 1. The first-order valence-corrected chi connectivity index (χ1v) is 6.05. The zero-order chi connectivity index (χ0) is 15.4. The number of anilines is 1. The van der Waals surface area contributed by atoms with E-state index in [1.807, 2.05) is 0 Å². The summed E-state index contributed by atoms with van der Waals surface area (Å²) in [6.07, 6.45) is 0. The Kier molecular flexibility index (Phi) is 4.22. The molecule has 0 radical (unpaired) electrons. The number of nitrogens with one attached hydrogen (secondary N) is 1. The fourth-order valence-corrected chi connectivity index (χ4v) is 1.78. The summed E-state index contributed by atoms with van der Waals surface area (Å²) in [5.74, 6) is -0.342. The van der Waals surface area contributed by atoms with Crippen LogP contribution in [-0.2, 0) is 6.54 Å². The summed E-state index contributed by atoms with van der Waals surface area (Å²) in [5.41, 5.74) is 0.399. The van der Waals surface area contributed by atoms with Crippen LogP contribution in [0.1, 0.15) is 5.56 Å². The van der Waals surface area contributed by atoms with Gasteiger partial charge < -0.3 is 15.2 Å². The summed E-state index contributed by atoms with van der Waals surface area (Å²) < 4.78 is 18.4. The standard InChI is InChI=1S/C14H13FN2O4/c1-21-11-4-2-9(14(18)7-11)8-16-10-3-5-13(17(19)20)12(15)6-10/h2-7,16,18H,8H2,1H3. The zero-order valence-corrected chi connectivity index (χ0v) is 11.2. The van der Waals surface area contributed by atoms with Crippen molar-refractivity contribution >= 4 is 11.4 Å². The van der Waals surface area contributed by atoms with E-state index in [1.165, 1.54) is 19.2 Å². The van der Waals surface area contributed by atoms with Crippen molar-refractivity contribution in [3.8, 4) is 11.5 Å². The predicted octanol–water partition coefficient (Wildman–Crippen LogP) is 3.06. The van der Waals surface area contributed by atoms with Crippen LogP contribution in [0, 0.1) is 15.9 Å². The Morgan fingerprint density at radius 2 is 2.10 bits per heavy atom. The fourth-order valence-electron chi connectivity index (χ4n) is 1.78. The molecule has 0 aliphatic rings. The summed E-state index contributed by atoms with van der Waals surface area (Å²) >= 11 is 0. The Bertz CT molecular complexity index is 676. The van der Waals surface area contributed by atoms with Crippen LogP contribution in [0.15, 0.2) is 36.4 Å². The molecule has 110 valence electrons. The van der Waals surface area contributed by atoms with Gasteiger partial charge in [-0.15, -0.1) is 0 Å². The Hall–Kier alpha value is -2.83. The second kappa shape index (κ2) is 6.08. The number of phenolic OH excluding ortho intramolecular Hbond substituents is 1. The number of hydrogen-bond acceptors (Lipinski definition) is 5. The molecule has 0 spiro atoms. The van der Waals surface area contributed by atoms with Gasteiger partial charge in [-0.25, -0.2) is 0 Å². The molecule has 6 nitrogen and oxygen atoms in total. The largest absolute Gasteiger partial charge is 0.507 e. The minimum atomic E-state index is -0.913. The average Bonchev–Trinajstić information content (AvgIpc) is 2.45. The van der Waals surface area contributed by atoms with E-state index in [0.717, 1.165) is 12.1 Å². The average molecular weight is 292 g/mol. The van der Waals surface area contributed by atoms with Gasteiger partial charge in [0.1, 0.15) is 11.5 Å². The highest BCUT2D eigenvalue weighted by molar-refractivity contribution is 5.51. The first-order valence-electron chi connectivity index (χ1n) is 6.05. The maximum Gasteiger partial charge on any atom is 0.304 e. The highest BCUT2D eigenvalue weighted by atomic mass is 19.1. The lowest BCUT2D eigenvalue weighted by atomic mass is 10.2. The second-order valence-electron chi connectivity index (χ2n) is 4.27. The molecule has 2 N–H and O–H groups in total. The second-order valence-corrected chi connectivity index (χ2v) is 4.27. The molecule has 0 unspecified atom stereocenters. The minimum absolute atomic E-state index is 0.0456. The molecule has 0 saturated carbocycles. The lowest BCUT2D eigenvalue weighted by molar-refractivity contribution is -0.387. The molecule has 0 aliphatic carbocycles. The van der Waals surface area contributed by atoms with E-state index in [2.05, 4.69) is 5.32 Å². The Morgan fingerprint density at radius 1 is 1.33 bits per heavy atom. The molecule has 0 amide bonds. The van der Waals surface area contributed by atoms with Crippen molar-refractivity contribution < 1.29 is 19.2 Å².